The van der Waals surface area contributed by atoms with Gasteiger partial charge in [-0.1, -0.05) is 39.3 Å². The maximum absolute atomic E-state index is 10.1. The molecule has 3 N–H and O–H groups in total. The van der Waals surface area contributed by atoms with E-state index in [9.17, 15) is 5.11 Å². The fourth-order valence-electron chi connectivity index (χ4n) is 2.92. The first-order chi connectivity index (χ1) is 8.36. The summed E-state index contributed by atoms with van der Waals surface area (Å²) in [4.78, 5) is 0. The fraction of sp³-hybridized carbons (Fsp3) is 0.625. The van der Waals surface area contributed by atoms with E-state index in [1.807, 2.05) is 12.1 Å². The molecule has 0 atom stereocenters. The highest BCUT2D eigenvalue weighted by molar-refractivity contribution is 5.43. The Kier molecular flexibility index (Phi) is 3.41. The minimum absolute atomic E-state index is 0.0397. The number of benzene rings is 1. The number of hydrogen-bond donors (Lipinski definition) is 2. The summed E-state index contributed by atoms with van der Waals surface area (Å²) in [5, 5.41) is 10.1. The molecule has 1 fully saturated rings. The third-order valence-corrected chi connectivity index (χ3v) is 4.07. The normalized spacial score (nSPS) is 18.4. The molecule has 0 spiro atoms. The number of rotatable bonds is 3. The van der Waals surface area contributed by atoms with E-state index in [4.69, 9.17) is 5.73 Å². The standard InChI is InChI=1S/C16H25NO/c1-15(2,3)10-12-5-6-14(18)13(9-12)16(11-17)7-4-8-16/h5-6,9,18H,4,7-8,10-11,17H2,1-3H3. The SMILES string of the molecule is CC(C)(C)Cc1ccc(O)c(C2(CN)CCC2)c1. The molecular weight excluding hydrogens is 222 g/mol. The van der Waals surface area contributed by atoms with Crippen LogP contribution >= 0.6 is 0 Å². The van der Waals surface area contributed by atoms with Crippen LogP contribution in [0.1, 0.15) is 51.2 Å². The lowest BCUT2D eigenvalue weighted by Crippen LogP contribution is -2.41. The van der Waals surface area contributed by atoms with Crippen molar-refractivity contribution >= 4 is 0 Å². The molecule has 0 aromatic heterocycles. The van der Waals surface area contributed by atoms with Crippen molar-refractivity contribution in [2.45, 2.75) is 51.9 Å². The van der Waals surface area contributed by atoms with Gasteiger partial charge in [-0.25, -0.2) is 0 Å². The average molecular weight is 247 g/mol. The second kappa shape index (κ2) is 4.58. The number of phenolic OH excluding ortho intramolecular Hbond substituents is 1. The molecule has 1 aromatic rings. The lowest BCUT2D eigenvalue weighted by Gasteiger charge is -2.42. The largest absolute Gasteiger partial charge is 0.508 e. The molecule has 100 valence electrons. The molecule has 0 unspecified atom stereocenters. The quantitative estimate of drug-likeness (QED) is 0.860. The predicted octanol–water partition coefficient (Wildman–Crippen LogP) is 3.36. The van der Waals surface area contributed by atoms with Crippen LogP contribution < -0.4 is 5.73 Å². The van der Waals surface area contributed by atoms with E-state index < -0.39 is 0 Å². The van der Waals surface area contributed by atoms with Gasteiger partial charge < -0.3 is 10.8 Å². The van der Waals surface area contributed by atoms with E-state index in [0.29, 0.717) is 12.3 Å². The van der Waals surface area contributed by atoms with Crippen LogP contribution in [0.3, 0.4) is 0 Å². The van der Waals surface area contributed by atoms with Crippen molar-refractivity contribution in [2.24, 2.45) is 11.1 Å². The van der Waals surface area contributed by atoms with E-state index in [2.05, 4.69) is 26.8 Å². The topological polar surface area (TPSA) is 46.2 Å². The van der Waals surface area contributed by atoms with E-state index in [-0.39, 0.29) is 10.8 Å². The summed E-state index contributed by atoms with van der Waals surface area (Å²) in [5.41, 5.74) is 8.61. The smallest absolute Gasteiger partial charge is 0.119 e. The summed E-state index contributed by atoms with van der Waals surface area (Å²) >= 11 is 0. The number of aromatic hydroxyl groups is 1. The summed E-state index contributed by atoms with van der Waals surface area (Å²) in [5.74, 6) is 0.415. The van der Waals surface area contributed by atoms with Gasteiger partial charge in [-0.05, 0) is 36.3 Å². The summed E-state index contributed by atoms with van der Waals surface area (Å²) in [6.45, 7) is 7.35. The maximum atomic E-state index is 10.1. The Hall–Kier alpha value is -1.02. The van der Waals surface area contributed by atoms with E-state index in [1.165, 1.54) is 12.0 Å². The van der Waals surface area contributed by atoms with Crippen molar-refractivity contribution in [1.82, 2.24) is 0 Å². The molecule has 18 heavy (non-hydrogen) atoms. The molecule has 1 saturated carbocycles. The molecule has 0 radical (unpaired) electrons. The van der Waals surface area contributed by atoms with Crippen molar-refractivity contribution in [3.63, 3.8) is 0 Å². The maximum Gasteiger partial charge on any atom is 0.119 e. The van der Waals surface area contributed by atoms with Crippen molar-refractivity contribution in [1.29, 1.82) is 0 Å². The van der Waals surface area contributed by atoms with Crippen LogP contribution in [0.25, 0.3) is 0 Å². The lowest BCUT2D eigenvalue weighted by atomic mass is 9.64. The van der Waals surface area contributed by atoms with Gasteiger partial charge >= 0.3 is 0 Å². The Morgan fingerprint density at radius 1 is 1.28 bits per heavy atom. The predicted molar refractivity (Wildman–Crippen MR) is 75.8 cm³/mol. The average Bonchev–Trinajstić information content (AvgIpc) is 2.20. The highest BCUT2D eigenvalue weighted by Gasteiger charge is 2.39. The number of hydrogen-bond acceptors (Lipinski definition) is 2. The molecule has 0 heterocycles. The molecule has 2 nitrogen and oxygen atoms in total. The summed E-state index contributed by atoms with van der Waals surface area (Å²) in [7, 11) is 0. The Morgan fingerprint density at radius 2 is 1.94 bits per heavy atom. The van der Waals surface area contributed by atoms with Crippen LogP contribution in [0.2, 0.25) is 0 Å². The number of nitrogens with two attached hydrogens (primary N) is 1. The highest BCUT2D eigenvalue weighted by atomic mass is 16.3. The van der Waals surface area contributed by atoms with Crippen molar-refractivity contribution in [3.05, 3.63) is 29.3 Å². The Morgan fingerprint density at radius 3 is 2.39 bits per heavy atom. The van der Waals surface area contributed by atoms with E-state index >= 15 is 0 Å². The van der Waals surface area contributed by atoms with Gasteiger partial charge in [-0.3, -0.25) is 0 Å². The van der Waals surface area contributed by atoms with Crippen LogP contribution in [0.4, 0.5) is 0 Å². The van der Waals surface area contributed by atoms with Gasteiger partial charge in [0.2, 0.25) is 0 Å². The van der Waals surface area contributed by atoms with Gasteiger partial charge in [-0.2, -0.15) is 0 Å². The van der Waals surface area contributed by atoms with Gasteiger partial charge in [0.05, 0.1) is 0 Å². The minimum Gasteiger partial charge on any atom is -0.508 e. The number of phenols is 1. The Bertz CT molecular complexity index is 422. The highest BCUT2D eigenvalue weighted by Crippen LogP contribution is 2.46. The second-order valence-corrected chi connectivity index (χ2v) is 6.93. The molecule has 1 aliphatic carbocycles. The zero-order valence-electron chi connectivity index (χ0n) is 11.8. The third kappa shape index (κ3) is 2.54. The van der Waals surface area contributed by atoms with Crippen molar-refractivity contribution in [3.8, 4) is 5.75 Å². The fourth-order valence-corrected chi connectivity index (χ4v) is 2.92. The van der Waals surface area contributed by atoms with E-state index in [0.717, 1.165) is 24.8 Å². The van der Waals surface area contributed by atoms with Gasteiger partial charge in [0.15, 0.2) is 0 Å². The lowest BCUT2D eigenvalue weighted by molar-refractivity contribution is 0.244. The summed E-state index contributed by atoms with van der Waals surface area (Å²) < 4.78 is 0. The molecule has 0 aliphatic heterocycles. The van der Waals surface area contributed by atoms with Crippen molar-refractivity contribution < 1.29 is 5.11 Å². The second-order valence-electron chi connectivity index (χ2n) is 6.93. The molecule has 0 bridgehead atoms. The van der Waals surface area contributed by atoms with Gasteiger partial charge in [0.1, 0.15) is 5.75 Å². The molecule has 2 heteroatoms. The molecule has 1 aliphatic rings. The third-order valence-electron chi connectivity index (χ3n) is 4.07. The van der Waals surface area contributed by atoms with Crippen LogP contribution in [0.15, 0.2) is 18.2 Å². The molecule has 1 aromatic carbocycles. The van der Waals surface area contributed by atoms with Gasteiger partial charge in [0, 0.05) is 17.5 Å². The zero-order chi connectivity index (χ0) is 13.4. The van der Waals surface area contributed by atoms with Gasteiger partial charge in [0.25, 0.3) is 0 Å². The first-order valence-electron chi connectivity index (χ1n) is 6.89. The Labute approximate surface area is 110 Å². The van der Waals surface area contributed by atoms with Crippen LogP contribution in [-0.4, -0.2) is 11.7 Å². The molecule has 2 rings (SSSR count). The van der Waals surface area contributed by atoms with Crippen LogP contribution in [-0.2, 0) is 11.8 Å². The first kappa shape index (κ1) is 13.4. The Balaban J connectivity index is 2.33. The monoisotopic (exact) mass is 247 g/mol. The van der Waals surface area contributed by atoms with Gasteiger partial charge in [-0.15, -0.1) is 0 Å². The zero-order valence-corrected chi connectivity index (χ0v) is 11.8. The van der Waals surface area contributed by atoms with E-state index in [1.54, 1.807) is 0 Å². The summed E-state index contributed by atoms with van der Waals surface area (Å²) in [6.07, 6.45) is 4.47. The molecule has 0 amide bonds. The summed E-state index contributed by atoms with van der Waals surface area (Å²) in [6, 6.07) is 6.05. The van der Waals surface area contributed by atoms with Crippen molar-refractivity contribution in [2.75, 3.05) is 6.54 Å². The minimum atomic E-state index is 0.0397. The molecular formula is C16H25NO. The van der Waals surface area contributed by atoms with Crippen LogP contribution in [0, 0.1) is 5.41 Å². The van der Waals surface area contributed by atoms with Crippen LogP contribution in [0.5, 0.6) is 5.75 Å². The molecule has 0 saturated heterocycles. The first-order valence-corrected chi connectivity index (χ1v) is 6.89.